The number of rotatable bonds is 7. The molecular weight excluding hydrogens is 358 g/mol. The van der Waals surface area contributed by atoms with Gasteiger partial charge in [-0.1, -0.05) is 23.4 Å². The molecule has 1 amide bonds. The number of nitrogens with one attached hydrogen (secondary N) is 1. The summed E-state index contributed by atoms with van der Waals surface area (Å²) in [4.78, 5) is 14.0. The zero-order chi connectivity index (χ0) is 18.6. The molecule has 1 atom stereocenters. The van der Waals surface area contributed by atoms with Gasteiger partial charge >= 0.3 is 0 Å². The van der Waals surface area contributed by atoms with E-state index in [4.69, 9.17) is 11.6 Å². The molecular formula is C17H24ClN5OS. The predicted molar refractivity (Wildman–Crippen MR) is 102 cm³/mol. The van der Waals surface area contributed by atoms with Crippen molar-refractivity contribution in [3.63, 3.8) is 0 Å². The average molecular weight is 382 g/mol. The zero-order valence-electron chi connectivity index (χ0n) is 15.2. The summed E-state index contributed by atoms with van der Waals surface area (Å²) in [7, 11) is 3.99. The lowest BCUT2D eigenvalue weighted by Crippen LogP contribution is -2.31. The van der Waals surface area contributed by atoms with Crippen molar-refractivity contribution in [2.75, 3.05) is 19.8 Å². The predicted octanol–water partition coefficient (Wildman–Crippen LogP) is 3.16. The van der Waals surface area contributed by atoms with Gasteiger partial charge in [0.1, 0.15) is 0 Å². The van der Waals surface area contributed by atoms with Gasteiger partial charge in [0.2, 0.25) is 5.91 Å². The van der Waals surface area contributed by atoms with Gasteiger partial charge in [0.15, 0.2) is 11.0 Å². The number of halogens is 1. The van der Waals surface area contributed by atoms with Gasteiger partial charge in [-0.15, -0.1) is 10.2 Å². The van der Waals surface area contributed by atoms with Crippen molar-refractivity contribution in [3.8, 4) is 5.69 Å². The third-order valence-corrected chi connectivity index (χ3v) is 4.85. The van der Waals surface area contributed by atoms with Crippen LogP contribution in [0.2, 0.25) is 5.02 Å². The smallest absolute Gasteiger partial charge is 0.230 e. The van der Waals surface area contributed by atoms with Crippen LogP contribution in [-0.4, -0.2) is 51.5 Å². The monoisotopic (exact) mass is 381 g/mol. The van der Waals surface area contributed by atoms with E-state index < -0.39 is 0 Å². The fourth-order valence-electron chi connectivity index (χ4n) is 2.20. The molecule has 25 heavy (non-hydrogen) atoms. The molecule has 0 saturated carbocycles. The van der Waals surface area contributed by atoms with E-state index in [-0.39, 0.29) is 18.0 Å². The Bertz CT molecular complexity index is 714. The van der Waals surface area contributed by atoms with Crippen molar-refractivity contribution in [2.24, 2.45) is 0 Å². The minimum atomic E-state index is -0.0205. The number of carbonyl (C=O) groups is 1. The number of aromatic nitrogens is 3. The van der Waals surface area contributed by atoms with Crippen LogP contribution >= 0.6 is 23.4 Å². The number of hydrogen-bond acceptors (Lipinski definition) is 5. The van der Waals surface area contributed by atoms with Crippen LogP contribution in [0.1, 0.15) is 32.6 Å². The maximum atomic E-state index is 12.0. The fraction of sp³-hybridized carbons (Fsp3) is 0.471. The standard InChI is InChI=1S/C17H24ClN5OS/c1-11(2)19-15(24)10-25-17-21-20-16(12(3)22(4)5)23(17)14-8-6-13(18)7-9-14/h6-9,11-12H,10H2,1-5H3,(H,19,24)/t12-/m1/s1. The Morgan fingerprint density at radius 3 is 2.44 bits per heavy atom. The Morgan fingerprint density at radius 2 is 1.88 bits per heavy atom. The van der Waals surface area contributed by atoms with Crippen molar-refractivity contribution in [1.82, 2.24) is 25.0 Å². The molecule has 0 unspecified atom stereocenters. The normalized spacial score (nSPS) is 12.6. The molecule has 0 bridgehead atoms. The second-order valence-electron chi connectivity index (χ2n) is 6.30. The van der Waals surface area contributed by atoms with E-state index in [1.165, 1.54) is 11.8 Å². The summed E-state index contributed by atoms with van der Waals surface area (Å²) in [5, 5.41) is 12.9. The van der Waals surface area contributed by atoms with E-state index in [1.54, 1.807) is 0 Å². The lowest BCUT2D eigenvalue weighted by Gasteiger charge is -2.20. The van der Waals surface area contributed by atoms with Crippen molar-refractivity contribution < 1.29 is 4.79 Å². The fourth-order valence-corrected chi connectivity index (χ4v) is 3.10. The summed E-state index contributed by atoms with van der Waals surface area (Å²) in [6, 6.07) is 7.71. The minimum absolute atomic E-state index is 0.0205. The topological polar surface area (TPSA) is 63.1 Å². The first-order valence-corrected chi connectivity index (χ1v) is 9.45. The second kappa shape index (κ2) is 8.69. The third-order valence-electron chi connectivity index (χ3n) is 3.67. The Kier molecular flexibility index (Phi) is 6.87. The quantitative estimate of drug-likeness (QED) is 0.746. The van der Waals surface area contributed by atoms with E-state index in [9.17, 15) is 4.79 Å². The minimum Gasteiger partial charge on any atom is -0.353 e. The molecule has 0 spiro atoms. The molecule has 0 aliphatic rings. The highest BCUT2D eigenvalue weighted by molar-refractivity contribution is 7.99. The Hall–Kier alpha value is -1.57. The van der Waals surface area contributed by atoms with E-state index in [0.717, 1.165) is 11.5 Å². The molecule has 0 aliphatic heterocycles. The molecule has 136 valence electrons. The Balaban J connectivity index is 2.33. The molecule has 0 radical (unpaired) electrons. The summed E-state index contributed by atoms with van der Waals surface area (Å²) in [6.45, 7) is 5.95. The first kappa shape index (κ1) is 19.8. The number of amides is 1. The summed E-state index contributed by atoms with van der Waals surface area (Å²) >= 11 is 7.38. The highest BCUT2D eigenvalue weighted by Gasteiger charge is 2.21. The summed E-state index contributed by atoms with van der Waals surface area (Å²) in [5.41, 5.74) is 0.921. The van der Waals surface area contributed by atoms with E-state index in [0.29, 0.717) is 15.9 Å². The zero-order valence-corrected chi connectivity index (χ0v) is 16.7. The third kappa shape index (κ3) is 5.20. The highest BCUT2D eigenvalue weighted by atomic mass is 35.5. The van der Waals surface area contributed by atoms with E-state index in [1.807, 2.05) is 56.8 Å². The van der Waals surface area contributed by atoms with Crippen LogP contribution in [0.25, 0.3) is 5.69 Å². The molecule has 2 aromatic rings. The van der Waals surface area contributed by atoms with Gasteiger partial charge in [-0.2, -0.15) is 0 Å². The van der Waals surface area contributed by atoms with Gasteiger partial charge in [-0.3, -0.25) is 14.3 Å². The number of thioether (sulfide) groups is 1. The van der Waals surface area contributed by atoms with Crippen molar-refractivity contribution >= 4 is 29.3 Å². The molecule has 8 heteroatoms. The highest BCUT2D eigenvalue weighted by Crippen LogP contribution is 2.27. The van der Waals surface area contributed by atoms with Gasteiger partial charge in [-0.25, -0.2) is 0 Å². The van der Waals surface area contributed by atoms with Crippen molar-refractivity contribution in [3.05, 3.63) is 35.1 Å². The maximum absolute atomic E-state index is 12.0. The molecule has 6 nitrogen and oxygen atoms in total. The molecule has 2 rings (SSSR count). The number of carbonyl (C=O) groups excluding carboxylic acids is 1. The van der Waals surface area contributed by atoms with E-state index >= 15 is 0 Å². The first-order valence-electron chi connectivity index (χ1n) is 8.09. The number of benzene rings is 1. The van der Waals surface area contributed by atoms with Crippen molar-refractivity contribution in [1.29, 1.82) is 0 Å². The Morgan fingerprint density at radius 1 is 1.24 bits per heavy atom. The van der Waals surface area contributed by atoms with Crippen LogP contribution < -0.4 is 5.32 Å². The van der Waals surface area contributed by atoms with Crippen LogP contribution in [-0.2, 0) is 4.79 Å². The summed E-state index contributed by atoms with van der Waals surface area (Å²) < 4.78 is 1.98. The van der Waals surface area contributed by atoms with Gasteiger partial charge in [0.05, 0.1) is 11.8 Å². The van der Waals surface area contributed by atoms with E-state index in [2.05, 4.69) is 27.3 Å². The summed E-state index contributed by atoms with van der Waals surface area (Å²) in [6.07, 6.45) is 0. The van der Waals surface area contributed by atoms with Crippen LogP contribution in [0.15, 0.2) is 29.4 Å². The molecule has 0 aliphatic carbocycles. The molecule has 0 fully saturated rings. The Labute approximate surface area is 157 Å². The first-order chi connectivity index (χ1) is 11.8. The number of nitrogens with zero attached hydrogens (tertiary/aromatic N) is 4. The molecule has 1 aromatic heterocycles. The van der Waals surface area contributed by atoms with Gasteiger partial charge in [0, 0.05) is 16.8 Å². The lowest BCUT2D eigenvalue weighted by atomic mass is 10.2. The average Bonchev–Trinajstić information content (AvgIpc) is 2.96. The van der Waals surface area contributed by atoms with Crippen LogP contribution in [0, 0.1) is 0 Å². The van der Waals surface area contributed by atoms with Crippen LogP contribution in [0.3, 0.4) is 0 Å². The second-order valence-corrected chi connectivity index (χ2v) is 7.68. The molecule has 1 aromatic carbocycles. The van der Waals surface area contributed by atoms with Crippen LogP contribution in [0.4, 0.5) is 0 Å². The van der Waals surface area contributed by atoms with Gasteiger partial charge < -0.3 is 5.32 Å². The molecule has 1 N–H and O–H groups in total. The molecule has 0 saturated heterocycles. The van der Waals surface area contributed by atoms with Crippen LogP contribution in [0.5, 0.6) is 0 Å². The van der Waals surface area contributed by atoms with Gasteiger partial charge in [0.25, 0.3) is 0 Å². The maximum Gasteiger partial charge on any atom is 0.230 e. The van der Waals surface area contributed by atoms with Crippen molar-refractivity contribution in [2.45, 2.75) is 38.0 Å². The summed E-state index contributed by atoms with van der Waals surface area (Å²) in [5.74, 6) is 1.09. The lowest BCUT2D eigenvalue weighted by molar-refractivity contribution is -0.119. The number of hydrogen-bond donors (Lipinski definition) is 1. The molecule has 1 heterocycles. The van der Waals surface area contributed by atoms with Gasteiger partial charge in [-0.05, 0) is 59.1 Å². The SMILES string of the molecule is CC(C)NC(=O)CSc1nnc([C@@H](C)N(C)C)n1-c1ccc(Cl)cc1. The largest absolute Gasteiger partial charge is 0.353 e.